The van der Waals surface area contributed by atoms with Crippen LogP contribution in [0.3, 0.4) is 0 Å². The fourth-order valence-corrected chi connectivity index (χ4v) is 3.45. The van der Waals surface area contributed by atoms with Gasteiger partial charge in [0.2, 0.25) is 0 Å². The molecule has 4 aromatic rings. The van der Waals surface area contributed by atoms with E-state index in [9.17, 15) is 15.4 Å². The Labute approximate surface area is 179 Å². The lowest BCUT2D eigenvalue weighted by Crippen LogP contribution is -2.07. The molecular formula is C25H19N3O3. The topological polar surface area (TPSA) is 81.1 Å². The van der Waals surface area contributed by atoms with Crippen molar-refractivity contribution >= 4 is 28.2 Å². The number of nitro groups is 1. The Morgan fingerprint density at radius 1 is 1.03 bits per heavy atom. The minimum absolute atomic E-state index is 0.00365. The summed E-state index contributed by atoms with van der Waals surface area (Å²) in [6.45, 7) is 1.17. The molecule has 0 amide bonds. The summed E-state index contributed by atoms with van der Waals surface area (Å²) in [5, 5.41) is 21.6. The Morgan fingerprint density at radius 2 is 1.74 bits per heavy atom. The molecule has 0 saturated carbocycles. The molecule has 3 aromatic carbocycles. The first-order chi connectivity index (χ1) is 15.2. The van der Waals surface area contributed by atoms with Crippen molar-refractivity contribution in [2.75, 3.05) is 6.61 Å². The molecule has 4 rings (SSSR count). The molecule has 0 radical (unpaired) electrons. The van der Waals surface area contributed by atoms with Crippen molar-refractivity contribution in [3.05, 3.63) is 106 Å². The van der Waals surface area contributed by atoms with E-state index in [-0.39, 0.29) is 5.69 Å². The van der Waals surface area contributed by atoms with Gasteiger partial charge in [0, 0.05) is 34.8 Å². The van der Waals surface area contributed by atoms with E-state index >= 15 is 0 Å². The van der Waals surface area contributed by atoms with Gasteiger partial charge in [-0.15, -0.1) is 0 Å². The van der Waals surface area contributed by atoms with Crippen molar-refractivity contribution in [2.45, 2.75) is 6.54 Å². The molecule has 0 aliphatic rings. The summed E-state index contributed by atoms with van der Waals surface area (Å²) in [6.07, 6.45) is 3.82. The van der Waals surface area contributed by atoms with E-state index < -0.39 is 4.92 Å². The summed E-state index contributed by atoms with van der Waals surface area (Å²) >= 11 is 0. The molecule has 0 fully saturated rings. The highest BCUT2D eigenvalue weighted by Crippen LogP contribution is 2.27. The molecule has 1 aromatic heterocycles. The normalized spacial score (nSPS) is 11.3. The van der Waals surface area contributed by atoms with Gasteiger partial charge in [0.25, 0.3) is 5.69 Å². The third-order valence-electron chi connectivity index (χ3n) is 4.97. The predicted octanol–water partition coefficient (Wildman–Crippen LogP) is 5.69. The highest BCUT2D eigenvalue weighted by molar-refractivity contribution is 5.98. The number of ether oxygens (including phenoxy) is 1. The average molecular weight is 409 g/mol. The fourth-order valence-electron chi connectivity index (χ4n) is 3.45. The monoisotopic (exact) mass is 409 g/mol. The summed E-state index contributed by atoms with van der Waals surface area (Å²) in [6, 6.07) is 25.9. The maximum absolute atomic E-state index is 10.9. The maximum atomic E-state index is 10.9. The van der Waals surface area contributed by atoms with Crippen LogP contribution in [0.5, 0.6) is 5.75 Å². The number of rotatable bonds is 7. The Kier molecular flexibility index (Phi) is 5.77. The largest absolute Gasteiger partial charge is 0.492 e. The number of benzene rings is 3. The minimum Gasteiger partial charge on any atom is -0.492 e. The lowest BCUT2D eigenvalue weighted by atomic mass is 10.0. The number of nitriles is 1. The van der Waals surface area contributed by atoms with Crippen LogP contribution in [0.4, 0.5) is 5.69 Å². The van der Waals surface area contributed by atoms with E-state index in [0.717, 1.165) is 22.2 Å². The van der Waals surface area contributed by atoms with Crippen LogP contribution >= 0.6 is 0 Å². The van der Waals surface area contributed by atoms with Crippen LogP contribution in [-0.2, 0) is 6.54 Å². The second kappa shape index (κ2) is 8.97. The van der Waals surface area contributed by atoms with Gasteiger partial charge in [-0.25, -0.2) is 0 Å². The summed E-state index contributed by atoms with van der Waals surface area (Å²) in [5.74, 6) is 0.823. The summed E-state index contributed by atoms with van der Waals surface area (Å²) in [4.78, 5) is 10.4. The first-order valence-electron chi connectivity index (χ1n) is 9.78. The molecule has 0 saturated heterocycles. The Morgan fingerprint density at radius 3 is 2.45 bits per heavy atom. The van der Waals surface area contributed by atoms with E-state index in [4.69, 9.17) is 4.74 Å². The fraction of sp³-hybridized carbons (Fsp3) is 0.0800. The molecule has 6 nitrogen and oxygen atoms in total. The van der Waals surface area contributed by atoms with Crippen molar-refractivity contribution in [1.82, 2.24) is 4.57 Å². The molecule has 0 bridgehead atoms. The zero-order valence-corrected chi connectivity index (χ0v) is 16.6. The van der Waals surface area contributed by atoms with E-state index in [0.29, 0.717) is 24.3 Å². The van der Waals surface area contributed by atoms with Crippen molar-refractivity contribution in [2.24, 2.45) is 0 Å². The lowest BCUT2D eigenvalue weighted by Gasteiger charge is -2.08. The number of nitro benzene ring substituents is 1. The molecular weight excluding hydrogens is 390 g/mol. The van der Waals surface area contributed by atoms with Gasteiger partial charge in [0.05, 0.1) is 23.1 Å². The van der Waals surface area contributed by atoms with E-state index in [2.05, 4.69) is 10.6 Å². The second-order valence-corrected chi connectivity index (χ2v) is 6.93. The molecule has 0 aliphatic carbocycles. The summed E-state index contributed by atoms with van der Waals surface area (Å²) in [5.41, 5.74) is 3.03. The first-order valence-corrected chi connectivity index (χ1v) is 9.78. The molecule has 31 heavy (non-hydrogen) atoms. The Bertz CT molecular complexity index is 1280. The Balaban J connectivity index is 1.62. The third kappa shape index (κ3) is 4.46. The van der Waals surface area contributed by atoms with Crippen LogP contribution in [0.15, 0.2) is 85.1 Å². The number of hydrogen-bond donors (Lipinski definition) is 0. The van der Waals surface area contributed by atoms with Crippen LogP contribution in [0.25, 0.3) is 22.6 Å². The molecule has 0 spiro atoms. The van der Waals surface area contributed by atoms with Gasteiger partial charge in [-0.1, -0.05) is 36.4 Å². The molecule has 1 heterocycles. The van der Waals surface area contributed by atoms with Crippen molar-refractivity contribution in [3.63, 3.8) is 0 Å². The van der Waals surface area contributed by atoms with E-state index in [1.165, 1.54) is 12.1 Å². The van der Waals surface area contributed by atoms with E-state index in [1.54, 1.807) is 12.1 Å². The maximum Gasteiger partial charge on any atom is 0.269 e. The zero-order valence-electron chi connectivity index (χ0n) is 16.6. The van der Waals surface area contributed by atoms with Crippen molar-refractivity contribution in [1.29, 1.82) is 5.26 Å². The average Bonchev–Trinajstić information content (AvgIpc) is 3.16. The molecule has 0 unspecified atom stereocenters. The van der Waals surface area contributed by atoms with Gasteiger partial charge in [0.1, 0.15) is 12.4 Å². The summed E-state index contributed by atoms with van der Waals surface area (Å²) < 4.78 is 7.93. The third-order valence-corrected chi connectivity index (χ3v) is 4.97. The smallest absolute Gasteiger partial charge is 0.269 e. The van der Waals surface area contributed by atoms with Crippen LogP contribution < -0.4 is 4.74 Å². The quantitative estimate of drug-likeness (QED) is 0.223. The second-order valence-electron chi connectivity index (χ2n) is 6.93. The van der Waals surface area contributed by atoms with E-state index in [1.807, 2.05) is 66.9 Å². The molecule has 152 valence electrons. The SMILES string of the molecule is N#C/C(=C\c1cn(CCOc2ccccc2)c2ccccc12)c1ccc([N+](=O)[O-])cc1. The van der Waals surface area contributed by atoms with Gasteiger partial charge in [-0.3, -0.25) is 10.1 Å². The van der Waals surface area contributed by atoms with Crippen molar-refractivity contribution in [3.8, 4) is 11.8 Å². The molecule has 6 heteroatoms. The minimum atomic E-state index is -0.454. The number of allylic oxidation sites excluding steroid dienone is 1. The van der Waals surface area contributed by atoms with Gasteiger partial charge in [-0.2, -0.15) is 5.26 Å². The zero-order chi connectivity index (χ0) is 21.6. The number of para-hydroxylation sites is 2. The predicted molar refractivity (Wildman–Crippen MR) is 120 cm³/mol. The highest BCUT2D eigenvalue weighted by atomic mass is 16.6. The van der Waals surface area contributed by atoms with Gasteiger partial charge >= 0.3 is 0 Å². The Hall–Kier alpha value is -4.37. The van der Waals surface area contributed by atoms with Crippen molar-refractivity contribution < 1.29 is 9.66 Å². The number of fused-ring (bicyclic) bond motifs is 1. The molecule has 0 aliphatic heterocycles. The molecule has 0 N–H and O–H groups in total. The number of aromatic nitrogens is 1. The standard InChI is InChI=1S/C25H19N3O3/c26-17-20(19-10-12-22(13-11-19)28(29)30)16-21-18-27(25-9-5-4-8-24(21)25)14-15-31-23-6-2-1-3-7-23/h1-13,16,18H,14-15H2/b20-16+. The number of non-ortho nitro benzene ring substituents is 1. The molecule has 0 atom stereocenters. The van der Waals surface area contributed by atoms with Crippen LogP contribution in [0.1, 0.15) is 11.1 Å². The van der Waals surface area contributed by atoms with Gasteiger partial charge in [-0.05, 0) is 42.0 Å². The van der Waals surface area contributed by atoms with Gasteiger partial charge in [0.15, 0.2) is 0 Å². The lowest BCUT2D eigenvalue weighted by molar-refractivity contribution is -0.384. The summed E-state index contributed by atoms with van der Waals surface area (Å²) in [7, 11) is 0. The van der Waals surface area contributed by atoms with Crippen LogP contribution in [0.2, 0.25) is 0 Å². The number of hydrogen-bond acceptors (Lipinski definition) is 4. The van der Waals surface area contributed by atoms with Crippen LogP contribution in [-0.4, -0.2) is 16.1 Å². The van der Waals surface area contributed by atoms with Crippen LogP contribution in [0, 0.1) is 21.4 Å². The number of nitrogens with zero attached hydrogens (tertiary/aromatic N) is 3. The van der Waals surface area contributed by atoms with Gasteiger partial charge < -0.3 is 9.30 Å². The first kappa shape index (κ1) is 19.9. The highest BCUT2D eigenvalue weighted by Gasteiger charge is 2.10.